The van der Waals surface area contributed by atoms with Crippen molar-refractivity contribution >= 4 is 34.1 Å². The van der Waals surface area contributed by atoms with Gasteiger partial charge in [0.25, 0.3) is 5.91 Å². The molecule has 7 heteroatoms. The zero-order chi connectivity index (χ0) is 16.8. The average molecular weight is 331 g/mol. The number of nitrogens with one attached hydrogen (secondary N) is 2. The van der Waals surface area contributed by atoms with Crippen LogP contribution in [-0.4, -0.2) is 22.4 Å². The number of primary amides is 1. The first-order chi connectivity index (χ1) is 10.9. The summed E-state index contributed by atoms with van der Waals surface area (Å²) in [6.07, 6.45) is 1.62. The van der Waals surface area contributed by atoms with E-state index in [1.165, 1.54) is 0 Å². The Morgan fingerprint density at radius 3 is 2.35 bits per heavy atom. The maximum atomic E-state index is 12.3. The zero-order valence-corrected chi connectivity index (χ0v) is 13.4. The molecule has 0 radical (unpaired) electrons. The van der Waals surface area contributed by atoms with Crippen molar-refractivity contribution in [3.05, 3.63) is 59.7 Å². The molecule has 0 saturated heterocycles. The summed E-state index contributed by atoms with van der Waals surface area (Å²) in [4.78, 5) is 23.1. The third-order valence-corrected chi connectivity index (χ3v) is 3.69. The molecule has 0 fully saturated rings. The van der Waals surface area contributed by atoms with Gasteiger partial charge in [-0.25, -0.2) is 4.79 Å². The normalized spacial score (nSPS) is 11.5. The predicted octanol–water partition coefficient (Wildman–Crippen LogP) is 2.31. The first-order valence-electron chi connectivity index (χ1n) is 6.81. The van der Waals surface area contributed by atoms with Gasteiger partial charge in [0.05, 0.1) is 0 Å². The highest BCUT2D eigenvalue weighted by atomic mass is 32.2. The molecule has 0 bridgehead atoms. The minimum absolute atomic E-state index is 0.287. The molecule has 0 aromatic heterocycles. The van der Waals surface area contributed by atoms with Crippen molar-refractivity contribution in [2.45, 2.75) is 5.75 Å². The van der Waals surface area contributed by atoms with Gasteiger partial charge in [0, 0.05) is 39.7 Å². The van der Waals surface area contributed by atoms with Crippen LogP contribution in [0.3, 0.4) is 0 Å². The second-order valence-corrected chi connectivity index (χ2v) is 6.38. The standard InChI is InChI=1S/C16H17N3O3S/c1-23(22)10-11-4-2-5-12(8-11)15(20)18-13-6-3-7-14(9-13)19-16(17)21/h2-9H,10H2,1H3,(H,18,20)(H3,17,19,21). The van der Waals surface area contributed by atoms with E-state index in [0.29, 0.717) is 22.7 Å². The van der Waals surface area contributed by atoms with Crippen molar-refractivity contribution in [2.75, 3.05) is 16.9 Å². The second kappa shape index (κ2) is 7.55. The van der Waals surface area contributed by atoms with Crippen molar-refractivity contribution < 1.29 is 13.8 Å². The molecule has 0 heterocycles. The minimum Gasteiger partial charge on any atom is -0.351 e. The number of benzene rings is 2. The highest BCUT2D eigenvalue weighted by Gasteiger charge is 2.08. The number of hydrogen-bond donors (Lipinski definition) is 3. The molecule has 0 aliphatic carbocycles. The van der Waals surface area contributed by atoms with Crippen LogP contribution < -0.4 is 16.4 Å². The third-order valence-electron chi connectivity index (χ3n) is 2.95. The van der Waals surface area contributed by atoms with Gasteiger partial charge in [-0.15, -0.1) is 0 Å². The monoisotopic (exact) mass is 331 g/mol. The maximum Gasteiger partial charge on any atom is 0.316 e. The molecule has 2 rings (SSSR count). The second-order valence-electron chi connectivity index (χ2n) is 4.94. The van der Waals surface area contributed by atoms with Crippen molar-refractivity contribution in [1.82, 2.24) is 0 Å². The van der Waals surface area contributed by atoms with E-state index in [-0.39, 0.29) is 5.91 Å². The Morgan fingerprint density at radius 2 is 1.70 bits per heavy atom. The summed E-state index contributed by atoms with van der Waals surface area (Å²) in [5, 5.41) is 5.19. The summed E-state index contributed by atoms with van der Waals surface area (Å²) >= 11 is 0. The van der Waals surface area contributed by atoms with E-state index in [1.54, 1.807) is 48.7 Å². The van der Waals surface area contributed by atoms with E-state index in [9.17, 15) is 13.8 Å². The van der Waals surface area contributed by atoms with Crippen molar-refractivity contribution in [1.29, 1.82) is 0 Å². The van der Waals surface area contributed by atoms with Gasteiger partial charge in [0.1, 0.15) is 0 Å². The maximum absolute atomic E-state index is 12.3. The molecule has 4 N–H and O–H groups in total. The first kappa shape index (κ1) is 16.7. The molecule has 0 saturated carbocycles. The molecular formula is C16H17N3O3S. The fourth-order valence-corrected chi connectivity index (χ4v) is 2.71. The lowest BCUT2D eigenvalue weighted by molar-refractivity contribution is 0.102. The van der Waals surface area contributed by atoms with Crippen LogP contribution in [0, 0.1) is 0 Å². The van der Waals surface area contributed by atoms with Crippen LogP contribution in [0.25, 0.3) is 0 Å². The summed E-state index contributed by atoms with van der Waals surface area (Å²) in [6, 6.07) is 13.0. The minimum atomic E-state index is -0.969. The SMILES string of the molecule is CS(=O)Cc1cccc(C(=O)Nc2cccc(NC(N)=O)c2)c1. The van der Waals surface area contributed by atoms with Crippen LogP contribution in [0.1, 0.15) is 15.9 Å². The summed E-state index contributed by atoms with van der Waals surface area (Å²) in [6.45, 7) is 0. The Kier molecular flexibility index (Phi) is 5.48. The molecule has 0 spiro atoms. The van der Waals surface area contributed by atoms with Gasteiger partial charge in [-0.3, -0.25) is 9.00 Å². The topological polar surface area (TPSA) is 101 Å². The molecule has 6 nitrogen and oxygen atoms in total. The Morgan fingerprint density at radius 1 is 1.04 bits per heavy atom. The molecular weight excluding hydrogens is 314 g/mol. The molecule has 23 heavy (non-hydrogen) atoms. The summed E-state index contributed by atoms with van der Waals surface area (Å²) in [7, 11) is -0.969. The van der Waals surface area contributed by atoms with Gasteiger partial charge in [-0.05, 0) is 35.9 Å². The molecule has 0 aliphatic rings. The molecule has 3 amide bonds. The lowest BCUT2D eigenvalue weighted by Crippen LogP contribution is -2.19. The third kappa shape index (κ3) is 5.23. The largest absolute Gasteiger partial charge is 0.351 e. The fraction of sp³-hybridized carbons (Fsp3) is 0.125. The number of carbonyl (C=O) groups excluding carboxylic acids is 2. The van der Waals surface area contributed by atoms with Gasteiger partial charge in [-0.2, -0.15) is 0 Å². The molecule has 0 aliphatic heterocycles. The molecule has 1 atom stereocenters. The van der Waals surface area contributed by atoms with Gasteiger partial charge < -0.3 is 16.4 Å². The van der Waals surface area contributed by atoms with Gasteiger partial charge in [0.2, 0.25) is 0 Å². The zero-order valence-electron chi connectivity index (χ0n) is 12.5. The highest BCUT2D eigenvalue weighted by Crippen LogP contribution is 2.16. The summed E-state index contributed by atoms with van der Waals surface area (Å²) in [5.41, 5.74) is 7.39. The van der Waals surface area contributed by atoms with Crippen molar-refractivity contribution in [3.63, 3.8) is 0 Å². The van der Waals surface area contributed by atoms with Gasteiger partial charge in [0.15, 0.2) is 0 Å². The number of urea groups is 1. The summed E-state index contributed by atoms with van der Waals surface area (Å²) in [5.74, 6) is 0.115. The number of carbonyl (C=O) groups is 2. The fourth-order valence-electron chi connectivity index (χ4n) is 2.06. The van der Waals surface area contributed by atoms with Crippen molar-refractivity contribution in [3.8, 4) is 0 Å². The van der Waals surface area contributed by atoms with Crippen LogP contribution in [0.5, 0.6) is 0 Å². The summed E-state index contributed by atoms with van der Waals surface area (Å²) < 4.78 is 11.3. The van der Waals surface area contributed by atoms with Crippen LogP contribution in [0.2, 0.25) is 0 Å². The Bertz CT molecular complexity index is 762. The molecule has 2 aromatic rings. The Hall–Kier alpha value is -2.67. The number of anilines is 2. The van der Waals surface area contributed by atoms with E-state index in [1.807, 2.05) is 6.07 Å². The number of hydrogen-bond acceptors (Lipinski definition) is 3. The number of nitrogens with two attached hydrogens (primary N) is 1. The van der Waals surface area contributed by atoms with Crippen LogP contribution >= 0.6 is 0 Å². The molecule has 1 unspecified atom stereocenters. The van der Waals surface area contributed by atoms with Gasteiger partial charge >= 0.3 is 6.03 Å². The Labute approximate surface area is 136 Å². The van der Waals surface area contributed by atoms with E-state index >= 15 is 0 Å². The smallest absolute Gasteiger partial charge is 0.316 e. The van der Waals surface area contributed by atoms with Crippen molar-refractivity contribution in [2.24, 2.45) is 5.73 Å². The van der Waals surface area contributed by atoms with E-state index < -0.39 is 16.8 Å². The molecule has 2 aromatic carbocycles. The predicted molar refractivity (Wildman–Crippen MR) is 91.8 cm³/mol. The van der Waals surface area contributed by atoms with E-state index in [2.05, 4.69) is 10.6 Å². The lowest BCUT2D eigenvalue weighted by atomic mass is 10.1. The van der Waals surface area contributed by atoms with Crippen LogP contribution in [0.4, 0.5) is 16.2 Å². The highest BCUT2D eigenvalue weighted by molar-refractivity contribution is 7.83. The number of amides is 3. The first-order valence-corrected chi connectivity index (χ1v) is 8.53. The average Bonchev–Trinajstić information content (AvgIpc) is 2.46. The number of rotatable bonds is 5. The lowest BCUT2D eigenvalue weighted by Gasteiger charge is -2.08. The quantitative estimate of drug-likeness (QED) is 0.783. The Balaban J connectivity index is 2.12. The molecule has 120 valence electrons. The van der Waals surface area contributed by atoms with Gasteiger partial charge in [-0.1, -0.05) is 18.2 Å². The van der Waals surface area contributed by atoms with E-state index in [4.69, 9.17) is 5.73 Å². The van der Waals surface area contributed by atoms with Crippen LogP contribution in [0.15, 0.2) is 48.5 Å². The van der Waals surface area contributed by atoms with E-state index in [0.717, 1.165) is 5.56 Å². The van der Waals surface area contributed by atoms with Crippen LogP contribution in [-0.2, 0) is 16.6 Å².